The van der Waals surface area contributed by atoms with Gasteiger partial charge in [-0.3, -0.25) is 14.9 Å². The second-order valence-electron chi connectivity index (χ2n) is 6.77. The Morgan fingerprint density at radius 2 is 1.82 bits per heavy atom. The summed E-state index contributed by atoms with van der Waals surface area (Å²) in [5.74, 6) is -1.15. The molecular formula is C23H17BrClN3O6. The van der Waals surface area contributed by atoms with E-state index in [1.165, 1.54) is 37.4 Å². The Morgan fingerprint density at radius 3 is 2.56 bits per heavy atom. The number of ether oxygens (including phenoxy) is 2. The maximum absolute atomic E-state index is 12.5. The van der Waals surface area contributed by atoms with Gasteiger partial charge in [0, 0.05) is 16.1 Å². The molecule has 0 saturated carbocycles. The molecule has 0 fully saturated rings. The largest absolute Gasteiger partial charge is 0.474 e. The van der Waals surface area contributed by atoms with Crippen molar-refractivity contribution >= 4 is 51.3 Å². The molecule has 1 amide bonds. The highest BCUT2D eigenvalue weighted by atomic mass is 79.9. The van der Waals surface area contributed by atoms with Crippen LogP contribution in [0.5, 0.6) is 11.5 Å². The molecule has 0 spiro atoms. The van der Waals surface area contributed by atoms with E-state index in [1.54, 1.807) is 42.5 Å². The Morgan fingerprint density at radius 1 is 1.12 bits per heavy atom. The van der Waals surface area contributed by atoms with Crippen LogP contribution in [0.25, 0.3) is 0 Å². The molecule has 0 saturated heterocycles. The van der Waals surface area contributed by atoms with Crippen molar-refractivity contribution in [3.05, 3.63) is 97.5 Å². The van der Waals surface area contributed by atoms with E-state index in [0.717, 1.165) is 0 Å². The van der Waals surface area contributed by atoms with Gasteiger partial charge in [-0.25, -0.2) is 10.2 Å². The van der Waals surface area contributed by atoms with Crippen LogP contribution in [0.15, 0.2) is 76.3 Å². The fourth-order valence-electron chi connectivity index (χ4n) is 2.70. The van der Waals surface area contributed by atoms with Gasteiger partial charge in [0.2, 0.25) is 0 Å². The Kier molecular flexibility index (Phi) is 8.34. The quantitative estimate of drug-likeness (QED) is 0.137. The molecule has 3 rings (SSSR count). The van der Waals surface area contributed by atoms with Gasteiger partial charge in [0.1, 0.15) is 5.75 Å². The van der Waals surface area contributed by atoms with E-state index in [9.17, 15) is 19.7 Å². The molecule has 9 nitrogen and oxygen atoms in total. The highest BCUT2D eigenvalue weighted by Crippen LogP contribution is 2.27. The van der Waals surface area contributed by atoms with Crippen LogP contribution in [-0.4, -0.2) is 29.1 Å². The van der Waals surface area contributed by atoms with Gasteiger partial charge in [-0.2, -0.15) is 5.10 Å². The van der Waals surface area contributed by atoms with Crippen molar-refractivity contribution in [3.8, 4) is 11.5 Å². The number of para-hydroxylation sites is 2. The summed E-state index contributed by atoms with van der Waals surface area (Å²) in [5, 5.41) is 15.2. The molecule has 1 atom stereocenters. The van der Waals surface area contributed by atoms with Crippen molar-refractivity contribution < 1.29 is 24.0 Å². The number of hydrogen-bond donors (Lipinski definition) is 1. The zero-order chi connectivity index (χ0) is 24.7. The summed E-state index contributed by atoms with van der Waals surface area (Å²) in [6, 6.07) is 17.1. The molecule has 0 radical (unpaired) electrons. The Balaban J connectivity index is 1.69. The average molecular weight is 547 g/mol. The van der Waals surface area contributed by atoms with Gasteiger partial charge in [0.05, 0.1) is 21.7 Å². The molecule has 0 aliphatic carbocycles. The van der Waals surface area contributed by atoms with Gasteiger partial charge in [-0.1, -0.05) is 51.8 Å². The number of esters is 1. The average Bonchev–Trinajstić information content (AvgIpc) is 2.81. The minimum Gasteiger partial charge on any atom is -0.474 e. The van der Waals surface area contributed by atoms with Crippen molar-refractivity contribution in [1.29, 1.82) is 0 Å². The fourth-order valence-corrected chi connectivity index (χ4v) is 3.29. The zero-order valence-corrected chi connectivity index (χ0v) is 19.9. The summed E-state index contributed by atoms with van der Waals surface area (Å²) in [7, 11) is 0. The fraction of sp³-hybridized carbons (Fsp3) is 0.0870. The minimum absolute atomic E-state index is 0.0418. The van der Waals surface area contributed by atoms with E-state index in [0.29, 0.717) is 10.0 Å². The lowest BCUT2D eigenvalue weighted by atomic mass is 10.2. The summed E-state index contributed by atoms with van der Waals surface area (Å²) >= 11 is 9.39. The lowest BCUT2D eigenvalue weighted by Crippen LogP contribution is -2.33. The maximum Gasteiger partial charge on any atom is 0.345 e. The molecule has 0 aliphatic heterocycles. The molecule has 11 heteroatoms. The van der Waals surface area contributed by atoms with Crippen molar-refractivity contribution in [2.24, 2.45) is 5.10 Å². The predicted octanol–water partition coefficient (Wildman–Crippen LogP) is 5.15. The number of nitro benzene ring substituents is 1. The van der Waals surface area contributed by atoms with Crippen molar-refractivity contribution in [3.63, 3.8) is 0 Å². The van der Waals surface area contributed by atoms with E-state index >= 15 is 0 Å². The number of halogens is 2. The first kappa shape index (κ1) is 24.9. The highest BCUT2D eigenvalue weighted by Gasteiger charge is 2.20. The second kappa shape index (κ2) is 11.4. The normalized spacial score (nSPS) is 11.6. The molecule has 3 aromatic carbocycles. The monoisotopic (exact) mass is 545 g/mol. The molecule has 0 aliphatic rings. The number of benzene rings is 3. The van der Waals surface area contributed by atoms with Gasteiger partial charge >= 0.3 is 11.7 Å². The molecular weight excluding hydrogens is 530 g/mol. The Hall–Kier alpha value is -3.76. The first-order chi connectivity index (χ1) is 16.3. The van der Waals surface area contributed by atoms with Gasteiger partial charge in [0.25, 0.3) is 5.91 Å². The van der Waals surface area contributed by atoms with Crippen LogP contribution >= 0.6 is 27.5 Å². The number of nitro groups is 1. The smallest absolute Gasteiger partial charge is 0.345 e. The molecule has 3 aromatic rings. The number of nitrogens with one attached hydrogen (secondary N) is 1. The summed E-state index contributed by atoms with van der Waals surface area (Å²) in [5.41, 5.74) is 2.63. The van der Waals surface area contributed by atoms with Crippen LogP contribution in [0.2, 0.25) is 5.02 Å². The third kappa shape index (κ3) is 6.40. The molecule has 0 bridgehead atoms. The SMILES string of the molecule is CC(Oc1ccccc1[N+](=O)[O-])C(=O)N/N=C/c1cc(Br)ccc1OC(=O)c1ccccc1Cl. The van der Waals surface area contributed by atoms with Crippen LogP contribution in [0.3, 0.4) is 0 Å². The maximum atomic E-state index is 12.5. The highest BCUT2D eigenvalue weighted by molar-refractivity contribution is 9.10. The number of carbonyl (C=O) groups excluding carboxylic acids is 2. The van der Waals surface area contributed by atoms with Crippen LogP contribution in [0.1, 0.15) is 22.8 Å². The first-order valence-corrected chi connectivity index (χ1v) is 10.9. The molecule has 174 valence electrons. The summed E-state index contributed by atoms with van der Waals surface area (Å²) < 4.78 is 11.5. The second-order valence-corrected chi connectivity index (χ2v) is 8.09. The molecule has 34 heavy (non-hydrogen) atoms. The number of nitrogens with zero attached hydrogens (tertiary/aromatic N) is 2. The van der Waals surface area contributed by atoms with E-state index in [1.807, 2.05) is 0 Å². The predicted molar refractivity (Wildman–Crippen MR) is 129 cm³/mol. The topological polar surface area (TPSA) is 120 Å². The third-order valence-corrected chi connectivity index (χ3v) is 5.20. The van der Waals surface area contributed by atoms with Crippen LogP contribution in [0, 0.1) is 10.1 Å². The molecule has 1 unspecified atom stereocenters. The van der Waals surface area contributed by atoms with E-state index in [-0.39, 0.29) is 27.8 Å². The number of hydrazone groups is 1. The van der Waals surface area contributed by atoms with Crippen molar-refractivity contribution in [2.45, 2.75) is 13.0 Å². The molecule has 0 heterocycles. The van der Waals surface area contributed by atoms with E-state index < -0.39 is 22.9 Å². The minimum atomic E-state index is -1.07. The molecule has 1 N–H and O–H groups in total. The summed E-state index contributed by atoms with van der Waals surface area (Å²) in [4.78, 5) is 35.3. The zero-order valence-electron chi connectivity index (χ0n) is 17.6. The van der Waals surface area contributed by atoms with E-state index in [4.69, 9.17) is 21.1 Å². The lowest BCUT2D eigenvalue weighted by Gasteiger charge is -2.13. The Labute approximate surface area is 207 Å². The Bertz CT molecular complexity index is 1270. The van der Waals surface area contributed by atoms with Crippen LogP contribution in [-0.2, 0) is 4.79 Å². The molecule has 0 aromatic heterocycles. The standard InChI is InChI=1S/C23H17BrClN3O6/c1-14(33-21-9-5-4-8-19(21)28(31)32)22(29)27-26-13-15-12-16(24)10-11-20(15)34-23(30)17-6-2-3-7-18(17)25/h2-14H,1H3,(H,27,29)/b26-13+. The van der Waals surface area contributed by atoms with Crippen LogP contribution < -0.4 is 14.9 Å². The van der Waals surface area contributed by atoms with Crippen molar-refractivity contribution in [1.82, 2.24) is 5.43 Å². The number of rotatable bonds is 8. The van der Waals surface area contributed by atoms with Crippen molar-refractivity contribution in [2.75, 3.05) is 0 Å². The van der Waals surface area contributed by atoms with Gasteiger partial charge in [-0.15, -0.1) is 0 Å². The van der Waals surface area contributed by atoms with Crippen LogP contribution in [0.4, 0.5) is 5.69 Å². The number of amides is 1. The van der Waals surface area contributed by atoms with Gasteiger partial charge in [0.15, 0.2) is 11.9 Å². The number of carbonyl (C=O) groups is 2. The van der Waals surface area contributed by atoms with Gasteiger partial charge in [-0.05, 0) is 43.3 Å². The summed E-state index contributed by atoms with van der Waals surface area (Å²) in [6.07, 6.45) is 0.216. The first-order valence-electron chi connectivity index (χ1n) is 9.75. The lowest BCUT2D eigenvalue weighted by molar-refractivity contribution is -0.386. The number of hydrogen-bond acceptors (Lipinski definition) is 7. The summed E-state index contributed by atoms with van der Waals surface area (Å²) in [6.45, 7) is 1.43. The third-order valence-electron chi connectivity index (χ3n) is 4.38. The van der Waals surface area contributed by atoms with E-state index in [2.05, 4.69) is 26.5 Å². The van der Waals surface area contributed by atoms with Gasteiger partial charge < -0.3 is 9.47 Å².